The Morgan fingerprint density at radius 3 is 2.69 bits per heavy atom. The smallest absolute Gasteiger partial charge is 0.278 e. The number of halogens is 2. The molecule has 2 N–H and O–H groups in total. The van der Waals surface area contributed by atoms with E-state index in [1.165, 1.54) is 6.07 Å². The van der Waals surface area contributed by atoms with E-state index in [1.807, 2.05) is 4.98 Å². The molecular weight excluding hydrogens is 182 g/mol. The molecule has 1 aromatic heterocycles. The van der Waals surface area contributed by atoms with Crippen LogP contribution in [0.5, 0.6) is 5.75 Å². The zero-order valence-electron chi connectivity index (χ0n) is 6.21. The van der Waals surface area contributed by atoms with Gasteiger partial charge in [-0.1, -0.05) is 0 Å². The first-order valence-electron chi connectivity index (χ1n) is 3.20. The van der Waals surface area contributed by atoms with Crippen LogP contribution in [-0.2, 0) is 0 Å². The molecular formula is C7H4F2N2O2. The SMILES string of the molecule is N#Cc1[nH]c(C(F)F)cc(=O)c1O. The van der Waals surface area contributed by atoms with Gasteiger partial charge in [-0.05, 0) is 0 Å². The maximum Gasteiger partial charge on any atom is 0.278 e. The third-order valence-electron chi connectivity index (χ3n) is 1.37. The van der Waals surface area contributed by atoms with E-state index in [0.29, 0.717) is 6.07 Å². The van der Waals surface area contributed by atoms with Gasteiger partial charge in [-0.15, -0.1) is 0 Å². The van der Waals surface area contributed by atoms with Gasteiger partial charge >= 0.3 is 0 Å². The minimum Gasteiger partial charge on any atom is -0.502 e. The number of nitriles is 1. The molecule has 1 rings (SSSR count). The molecule has 13 heavy (non-hydrogen) atoms. The van der Waals surface area contributed by atoms with Gasteiger partial charge in [-0.3, -0.25) is 4.79 Å². The summed E-state index contributed by atoms with van der Waals surface area (Å²) in [7, 11) is 0. The van der Waals surface area contributed by atoms with Crippen LogP contribution in [0, 0.1) is 11.3 Å². The predicted octanol–water partition coefficient (Wildman–Crippen LogP) is 0.890. The number of H-pyrrole nitrogens is 1. The molecule has 6 heteroatoms. The zero-order valence-corrected chi connectivity index (χ0v) is 6.21. The number of hydrogen-bond acceptors (Lipinski definition) is 3. The van der Waals surface area contributed by atoms with Crippen LogP contribution in [0.4, 0.5) is 8.78 Å². The molecule has 0 aliphatic carbocycles. The van der Waals surface area contributed by atoms with Gasteiger partial charge in [-0.2, -0.15) is 5.26 Å². The summed E-state index contributed by atoms with van der Waals surface area (Å²) < 4.78 is 24.1. The molecule has 0 aliphatic heterocycles. The van der Waals surface area contributed by atoms with E-state index in [-0.39, 0.29) is 0 Å². The van der Waals surface area contributed by atoms with Crippen LogP contribution in [0.1, 0.15) is 17.8 Å². The lowest BCUT2D eigenvalue weighted by Gasteiger charge is -2.00. The van der Waals surface area contributed by atoms with Crippen LogP contribution in [0.25, 0.3) is 0 Å². The summed E-state index contributed by atoms with van der Waals surface area (Å²) in [6, 6.07) is 1.95. The number of nitrogens with zero attached hydrogens (tertiary/aromatic N) is 1. The Labute approximate surface area is 71.1 Å². The molecule has 0 spiro atoms. The second-order valence-electron chi connectivity index (χ2n) is 2.23. The first kappa shape index (κ1) is 9.19. The van der Waals surface area contributed by atoms with Crippen molar-refractivity contribution in [1.29, 1.82) is 5.26 Å². The van der Waals surface area contributed by atoms with Crippen molar-refractivity contribution < 1.29 is 13.9 Å². The number of pyridine rings is 1. The minimum absolute atomic E-state index is 0.553. The van der Waals surface area contributed by atoms with Crippen molar-refractivity contribution in [2.24, 2.45) is 0 Å². The number of aromatic hydroxyl groups is 1. The van der Waals surface area contributed by atoms with E-state index >= 15 is 0 Å². The lowest BCUT2D eigenvalue weighted by atomic mass is 10.3. The van der Waals surface area contributed by atoms with E-state index in [9.17, 15) is 13.6 Å². The zero-order chi connectivity index (χ0) is 10.0. The summed E-state index contributed by atoms with van der Waals surface area (Å²) in [6.07, 6.45) is -2.87. The fourth-order valence-corrected chi connectivity index (χ4v) is 0.771. The largest absolute Gasteiger partial charge is 0.502 e. The fraction of sp³-hybridized carbons (Fsp3) is 0.143. The molecule has 68 valence electrons. The van der Waals surface area contributed by atoms with E-state index < -0.39 is 29.0 Å². The third kappa shape index (κ3) is 1.64. The van der Waals surface area contributed by atoms with E-state index in [4.69, 9.17) is 10.4 Å². The van der Waals surface area contributed by atoms with E-state index in [0.717, 1.165) is 0 Å². The van der Waals surface area contributed by atoms with Crippen LogP contribution >= 0.6 is 0 Å². The van der Waals surface area contributed by atoms with Gasteiger partial charge in [0.25, 0.3) is 6.43 Å². The van der Waals surface area contributed by atoms with Gasteiger partial charge in [0.2, 0.25) is 5.43 Å². The Bertz CT molecular complexity index is 419. The summed E-state index contributed by atoms with van der Waals surface area (Å²) in [5, 5.41) is 17.2. The Hall–Kier alpha value is -1.90. The standard InChI is InChI=1S/C7H4F2N2O2/c8-7(9)3-1-5(12)6(13)4(2-10)11-3/h1,7,13H,(H,11,12). The number of aromatic amines is 1. The molecule has 0 fully saturated rings. The highest BCUT2D eigenvalue weighted by molar-refractivity contribution is 5.37. The van der Waals surface area contributed by atoms with E-state index in [2.05, 4.69) is 0 Å². The van der Waals surface area contributed by atoms with Gasteiger partial charge < -0.3 is 10.1 Å². The molecule has 1 heterocycles. The van der Waals surface area contributed by atoms with Gasteiger partial charge in [0, 0.05) is 6.07 Å². The topological polar surface area (TPSA) is 76.9 Å². The van der Waals surface area contributed by atoms with Crippen LogP contribution < -0.4 is 5.43 Å². The molecule has 0 aliphatic rings. The Balaban J connectivity index is 3.42. The molecule has 0 aromatic carbocycles. The summed E-state index contributed by atoms with van der Waals surface area (Å²) in [4.78, 5) is 12.7. The molecule has 0 saturated carbocycles. The number of aromatic nitrogens is 1. The second kappa shape index (κ2) is 3.23. The van der Waals surface area contributed by atoms with Crippen molar-refractivity contribution in [3.8, 4) is 11.8 Å². The average Bonchev–Trinajstić information content (AvgIpc) is 2.09. The van der Waals surface area contributed by atoms with E-state index in [1.54, 1.807) is 0 Å². The normalized spacial score (nSPS) is 10.0. The number of rotatable bonds is 1. The quantitative estimate of drug-likeness (QED) is 0.683. The first-order valence-corrected chi connectivity index (χ1v) is 3.20. The Morgan fingerprint density at radius 2 is 2.23 bits per heavy atom. The van der Waals surface area contributed by atoms with Crippen LogP contribution in [0.2, 0.25) is 0 Å². The molecule has 0 saturated heterocycles. The van der Waals surface area contributed by atoms with Gasteiger partial charge in [0.15, 0.2) is 11.4 Å². The van der Waals surface area contributed by atoms with Crippen LogP contribution in [-0.4, -0.2) is 10.1 Å². The van der Waals surface area contributed by atoms with Gasteiger partial charge in [0.1, 0.15) is 6.07 Å². The number of alkyl halides is 2. The first-order chi connectivity index (χ1) is 6.06. The number of nitrogens with one attached hydrogen (secondary N) is 1. The molecule has 0 bridgehead atoms. The van der Waals surface area contributed by atoms with Gasteiger partial charge in [0.05, 0.1) is 5.69 Å². The number of hydrogen-bond donors (Lipinski definition) is 2. The third-order valence-corrected chi connectivity index (χ3v) is 1.37. The fourth-order valence-electron chi connectivity index (χ4n) is 0.771. The Morgan fingerprint density at radius 1 is 1.62 bits per heavy atom. The highest BCUT2D eigenvalue weighted by Gasteiger charge is 2.13. The summed E-state index contributed by atoms with van der Waals surface area (Å²) >= 11 is 0. The Kier molecular flexibility index (Phi) is 2.28. The van der Waals surface area contributed by atoms with Crippen molar-refractivity contribution >= 4 is 0 Å². The highest BCUT2D eigenvalue weighted by Crippen LogP contribution is 2.17. The maximum absolute atomic E-state index is 12.0. The van der Waals surface area contributed by atoms with Gasteiger partial charge in [-0.25, -0.2) is 8.78 Å². The molecule has 0 amide bonds. The lowest BCUT2D eigenvalue weighted by Crippen LogP contribution is -2.06. The van der Waals surface area contributed by atoms with Crippen LogP contribution in [0.3, 0.4) is 0 Å². The minimum atomic E-state index is -2.87. The van der Waals surface area contributed by atoms with Crippen molar-refractivity contribution in [3.05, 3.63) is 27.7 Å². The average molecular weight is 186 g/mol. The molecule has 4 nitrogen and oxygen atoms in total. The molecule has 0 radical (unpaired) electrons. The molecule has 1 aromatic rings. The van der Waals surface area contributed by atoms with Crippen molar-refractivity contribution in [2.75, 3.05) is 0 Å². The summed E-state index contributed by atoms with van der Waals surface area (Å²) in [5.41, 5.74) is -2.23. The molecule has 0 atom stereocenters. The highest BCUT2D eigenvalue weighted by atomic mass is 19.3. The van der Waals surface area contributed by atoms with Crippen molar-refractivity contribution in [2.45, 2.75) is 6.43 Å². The maximum atomic E-state index is 12.0. The molecule has 0 unspecified atom stereocenters. The predicted molar refractivity (Wildman–Crippen MR) is 38.4 cm³/mol. The summed E-state index contributed by atoms with van der Waals surface area (Å²) in [6.45, 7) is 0. The van der Waals surface area contributed by atoms with Crippen molar-refractivity contribution in [3.63, 3.8) is 0 Å². The van der Waals surface area contributed by atoms with Crippen molar-refractivity contribution in [1.82, 2.24) is 4.98 Å². The lowest BCUT2D eigenvalue weighted by molar-refractivity contribution is 0.145. The monoisotopic (exact) mass is 186 g/mol. The summed E-state index contributed by atoms with van der Waals surface area (Å²) in [5.74, 6) is -0.841. The second-order valence-corrected chi connectivity index (χ2v) is 2.23. The van der Waals surface area contributed by atoms with Crippen LogP contribution in [0.15, 0.2) is 10.9 Å².